The van der Waals surface area contributed by atoms with Crippen molar-refractivity contribution in [2.45, 2.75) is 25.8 Å². The van der Waals surface area contributed by atoms with E-state index in [0.717, 1.165) is 24.0 Å². The molecule has 8 heteroatoms. The monoisotopic (exact) mass is 366 g/mol. The van der Waals surface area contributed by atoms with Crippen LogP contribution in [0.5, 0.6) is 6.01 Å². The molecule has 0 unspecified atom stereocenters. The average molecular weight is 366 g/mol. The second-order valence-electron chi connectivity index (χ2n) is 6.88. The van der Waals surface area contributed by atoms with Crippen LogP contribution < -0.4 is 4.90 Å². The van der Waals surface area contributed by atoms with Crippen molar-refractivity contribution in [3.8, 4) is 17.1 Å². The Kier molecular flexibility index (Phi) is 4.18. The van der Waals surface area contributed by atoms with Gasteiger partial charge in [-0.25, -0.2) is 24.3 Å². The van der Waals surface area contributed by atoms with Crippen LogP contribution in [0.15, 0.2) is 54.5 Å². The summed E-state index contributed by atoms with van der Waals surface area (Å²) in [6, 6.07) is 0.00581. The smallest absolute Gasteiger partial charge is 0.313 e. The molecular weight excluding hydrogens is 347 g/mol. The van der Waals surface area contributed by atoms with Crippen molar-refractivity contribution in [3.63, 3.8) is 0 Å². The summed E-state index contributed by atoms with van der Waals surface area (Å²) in [5.74, 6) is 0.134. The number of halogens is 1. The van der Waals surface area contributed by atoms with Gasteiger partial charge in [-0.1, -0.05) is 12.7 Å². The molecule has 2 saturated heterocycles. The molecule has 0 spiro atoms. The number of aromatic hydroxyl groups is 1. The minimum atomic E-state index is -0.475. The highest BCUT2D eigenvalue weighted by molar-refractivity contribution is 6.04. The van der Waals surface area contributed by atoms with Gasteiger partial charge in [-0.2, -0.15) is 0 Å². The van der Waals surface area contributed by atoms with E-state index in [1.54, 1.807) is 24.7 Å². The van der Waals surface area contributed by atoms with Gasteiger partial charge in [0, 0.05) is 60.1 Å². The molecule has 3 aliphatic rings. The third-order valence-electron chi connectivity index (χ3n) is 5.15. The molecule has 1 saturated carbocycles. The molecule has 3 fully saturated rings. The van der Waals surface area contributed by atoms with Crippen LogP contribution in [0, 0.1) is 5.41 Å². The molecule has 0 amide bonds. The van der Waals surface area contributed by atoms with Crippen LogP contribution in [-0.4, -0.2) is 43.3 Å². The van der Waals surface area contributed by atoms with E-state index in [0.29, 0.717) is 18.2 Å². The Bertz CT molecular complexity index is 916. The molecule has 2 aliphatic heterocycles. The van der Waals surface area contributed by atoms with Crippen molar-refractivity contribution >= 4 is 11.7 Å². The maximum atomic E-state index is 14.0. The lowest BCUT2D eigenvalue weighted by atomic mass is 9.66. The SMILES string of the molecule is C=C(F)/C(=N\C=C/C)C12CC(C1)N(c1ncc(-c3cnc(O)nc3)cn1)C2. The maximum Gasteiger partial charge on any atom is 0.313 e. The van der Waals surface area contributed by atoms with E-state index in [1.807, 2.05) is 6.92 Å². The molecule has 0 radical (unpaired) electrons. The second-order valence-corrected chi connectivity index (χ2v) is 6.88. The van der Waals surface area contributed by atoms with Gasteiger partial charge in [0.15, 0.2) is 0 Å². The van der Waals surface area contributed by atoms with Crippen LogP contribution in [-0.2, 0) is 0 Å². The first-order valence-electron chi connectivity index (χ1n) is 8.67. The number of anilines is 1. The molecule has 1 aliphatic carbocycles. The van der Waals surface area contributed by atoms with Gasteiger partial charge in [-0.15, -0.1) is 0 Å². The van der Waals surface area contributed by atoms with Crippen LogP contribution >= 0.6 is 0 Å². The highest BCUT2D eigenvalue weighted by Crippen LogP contribution is 2.54. The largest absolute Gasteiger partial charge is 0.479 e. The first-order chi connectivity index (χ1) is 13.0. The van der Waals surface area contributed by atoms with Crippen molar-refractivity contribution in [2.75, 3.05) is 11.4 Å². The molecule has 1 N–H and O–H groups in total. The molecule has 138 valence electrons. The van der Waals surface area contributed by atoms with Crippen molar-refractivity contribution < 1.29 is 9.50 Å². The maximum absolute atomic E-state index is 14.0. The van der Waals surface area contributed by atoms with Crippen molar-refractivity contribution in [2.24, 2.45) is 10.4 Å². The minimum Gasteiger partial charge on any atom is -0.479 e. The number of aromatic nitrogens is 4. The zero-order chi connectivity index (χ0) is 19.0. The number of allylic oxidation sites excluding steroid dienone is 2. The van der Waals surface area contributed by atoms with Crippen molar-refractivity contribution in [3.05, 3.63) is 49.5 Å². The molecule has 0 atom stereocenters. The zero-order valence-electron chi connectivity index (χ0n) is 14.9. The topological polar surface area (TPSA) is 87.4 Å². The molecule has 0 aromatic carbocycles. The molecule has 2 bridgehead atoms. The van der Waals surface area contributed by atoms with Gasteiger partial charge < -0.3 is 10.0 Å². The Hall–Kier alpha value is -3.16. The summed E-state index contributed by atoms with van der Waals surface area (Å²) in [5.41, 5.74) is 1.59. The standard InChI is InChI=1S/C19H19FN6O/c1-3-4-21-16(12(2)20)19-5-15(6-19)26(11-19)17-22-7-13(8-23-17)14-9-24-18(27)25-10-14/h3-4,7-10,15H,2,5-6,11H2,1H3,(H,24,25,27)/b4-3-,21-16+. The van der Waals surface area contributed by atoms with Gasteiger partial charge in [0.25, 0.3) is 0 Å². The molecule has 4 heterocycles. The second kappa shape index (κ2) is 6.53. The summed E-state index contributed by atoms with van der Waals surface area (Å²) in [7, 11) is 0. The fourth-order valence-electron chi connectivity index (χ4n) is 3.88. The lowest BCUT2D eigenvalue weighted by Gasteiger charge is -2.37. The van der Waals surface area contributed by atoms with Crippen LogP contribution in [0.3, 0.4) is 0 Å². The number of rotatable bonds is 5. The predicted octanol–water partition coefficient (Wildman–Crippen LogP) is 3.07. The number of nitrogens with zero attached hydrogens (tertiary/aromatic N) is 6. The van der Waals surface area contributed by atoms with Gasteiger partial charge in [0.05, 0.1) is 5.71 Å². The van der Waals surface area contributed by atoms with Gasteiger partial charge >= 0.3 is 6.01 Å². The molecule has 7 nitrogen and oxygen atoms in total. The van der Waals surface area contributed by atoms with Crippen LogP contribution in [0.1, 0.15) is 19.8 Å². The van der Waals surface area contributed by atoms with E-state index in [2.05, 4.69) is 36.4 Å². The normalized spacial score (nSPS) is 24.3. The van der Waals surface area contributed by atoms with E-state index in [1.165, 1.54) is 12.4 Å². The van der Waals surface area contributed by atoms with Crippen molar-refractivity contribution in [1.29, 1.82) is 0 Å². The zero-order valence-corrected chi connectivity index (χ0v) is 14.9. The third-order valence-corrected chi connectivity index (χ3v) is 5.15. The van der Waals surface area contributed by atoms with Gasteiger partial charge in [-0.05, 0) is 19.8 Å². The van der Waals surface area contributed by atoms with Crippen molar-refractivity contribution in [1.82, 2.24) is 19.9 Å². The summed E-state index contributed by atoms with van der Waals surface area (Å²) >= 11 is 0. The Morgan fingerprint density at radius 1 is 1.22 bits per heavy atom. The predicted molar refractivity (Wildman–Crippen MR) is 100 cm³/mol. The summed E-state index contributed by atoms with van der Waals surface area (Å²) in [4.78, 5) is 22.8. The van der Waals surface area contributed by atoms with E-state index in [4.69, 9.17) is 0 Å². The Balaban J connectivity index is 1.54. The molecule has 27 heavy (non-hydrogen) atoms. The van der Waals surface area contributed by atoms with E-state index >= 15 is 0 Å². The Morgan fingerprint density at radius 2 is 1.81 bits per heavy atom. The molecular formula is C19H19FN6O. The van der Waals surface area contributed by atoms with E-state index < -0.39 is 5.83 Å². The van der Waals surface area contributed by atoms with Gasteiger partial charge in [0.2, 0.25) is 5.95 Å². The highest BCUT2D eigenvalue weighted by atomic mass is 19.1. The number of hydrogen-bond donors (Lipinski definition) is 1. The van der Waals surface area contributed by atoms with Crippen LogP contribution in [0.25, 0.3) is 11.1 Å². The number of hydrogen-bond acceptors (Lipinski definition) is 7. The first-order valence-corrected chi connectivity index (χ1v) is 8.67. The third kappa shape index (κ3) is 2.97. The van der Waals surface area contributed by atoms with E-state index in [-0.39, 0.29) is 17.5 Å². The van der Waals surface area contributed by atoms with Crippen LogP contribution in [0.4, 0.5) is 10.3 Å². The summed E-state index contributed by atoms with van der Waals surface area (Å²) in [6.45, 7) is 5.93. The quantitative estimate of drug-likeness (QED) is 0.819. The Labute approximate surface area is 156 Å². The number of fused-ring (bicyclic) bond motifs is 1. The van der Waals surface area contributed by atoms with E-state index in [9.17, 15) is 9.50 Å². The van der Waals surface area contributed by atoms with Gasteiger partial charge in [-0.3, -0.25) is 4.99 Å². The lowest BCUT2D eigenvalue weighted by Crippen LogP contribution is -2.41. The average Bonchev–Trinajstić information content (AvgIpc) is 3.19. The number of aliphatic imine (C=N–C) groups is 1. The molecule has 2 aromatic rings. The first kappa shape index (κ1) is 17.3. The minimum absolute atomic E-state index is 0.275. The molecule has 2 aromatic heterocycles. The highest BCUT2D eigenvalue weighted by Gasteiger charge is 2.59. The summed E-state index contributed by atoms with van der Waals surface area (Å²) < 4.78 is 14.0. The lowest BCUT2D eigenvalue weighted by molar-refractivity contribution is 0.297. The summed E-state index contributed by atoms with van der Waals surface area (Å²) in [6.07, 6.45) is 11.4. The van der Waals surface area contributed by atoms with Gasteiger partial charge in [0.1, 0.15) is 5.83 Å². The fraction of sp³-hybridized carbons (Fsp3) is 0.316. The fourth-order valence-corrected chi connectivity index (χ4v) is 3.88. The molecule has 5 rings (SSSR count). The Morgan fingerprint density at radius 3 is 2.37 bits per heavy atom. The summed E-state index contributed by atoms with van der Waals surface area (Å²) in [5, 5.41) is 9.18. The van der Waals surface area contributed by atoms with Crippen LogP contribution in [0.2, 0.25) is 0 Å².